The largest absolute Gasteiger partial charge is 0.383 e. The molecule has 0 aliphatic carbocycles. The lowest BCUT2D eigenvalue weighted by atomic mass is 10.1. The molecule has 0 saturated carbocycles. The Balaban J connectivity index is 1.65. The predicted molar refractivity (Wildman–Crippen MR) is 112 cm³/mol. The van der Waals surface area contributed by atoms with Gasteiger partial charge in [-0.1, -0.05) is 53.7 Å². The van der Waals surface area contributed by atoms with Crippen LogP contribution in [-0.4, -0.2) is 40.1 Å². The number of halogens is 1. The highest BCUT2D eigenvalue weighted by molar-refractivity contribution is 7.99. The number of nitrogens with one attached hydrogen (secondary N) is 1. The minimum absolute atomic E-state index is 0.113. The first-order chi connectivity index (χ1) is 13.7. The third-order valence-corrected chi connectivity index (χ3v) is 5.20. The number of carbonyl (C=O) groups excluding carboxylic acids is 1. The molecule has 1 N–H and O–H groups in total. The molecule has 146 valence electrons. The minimum atomic E-state index is -0.113. The molecule has 0 aliphatic rings. The van der Waals surface area contributed by atoms with E-state index in [1.807, 2.05) is 22.8 Å². The molecular weight excluding hydrogens is 396 g/mol. The lowest BCUT2D eigenvalue weighted by Crippen LogP contribution is -2.15. The van der Waals surface area contributed by atoms with Gasteiger partial charge in [0.25, 0.3) is 0 Å². The summed E-state index contributed by atoms with van der Waals surface area (Å²) in [7, 11) is 1.66. The summed E-state index contributed by atoms with van der Waals surface area (Å²) < 4.78 is 7.22. The summed E-state index contributed by atoms with van der Waals surface area (Å²) in [5.41, 5.74) is 1.87. The zero-order valence-corrected chi connectivity index (χ0v) is 17.0. The van der Waals surface area contributed by atoms with Crippen molar-refractivity contribution in [1.29, 1.82) is 0 Å². The topological polar surface area (TPSA) is 69.0 Å². The smallest absolute Gasteiger partial charge is 0.234 e. The van der Waals surface area contributed by atoms with Gasteiger partial charge in [-0.15, -0.1) is 10.2 Å². The van der Waals surface area contributed by atoms with Crippen molar-refractivity contribution in [2.45, 2.75) is 18.1 Å². The van der Waals surface area contributed by atoms with E-state index >= 15 is 0 Å². The summed E-state index contributed by atoms with van der Waals surface area (Å²) in [6.07, 6.45) is 0.676. The number of hydrogen-bond donors (Lipinski definition) is 1. The Hall–Kier alpha value is -2.35. The lowest BCUT2D eigenvalue weighted by Gasteiger charge is -2.10. The molecule has 0 bridgehead atoms. The zero-order valence-electron chi connectivity index (χ0n) is 15.5. The lowest BCUT2D eigenvalue weighted by molar-refractivity contribution is -0.113. The number of carbonyl (C=O) groups is 1. The molecule has 0 fully saturated rings. The fourth-order valence-corrected chi connectivity index (χ4v) is 3.51. The highest BCUT2D eigenvalue weighted by Crippen LogP contribution is 2.20. The van der Waals surface area contributed by atoms with E-state index < -0.39 is 0 Å². The van der Waals surface area contributed by atoms with Crippen LogP contribution in [0.2, 0.25) is 5.02 Å². The van der Waals surface area contributed by atoms with Crippen LogP contribution >= 0.6 is 23.4 Å². The van der Waals surface area contributed by atoms with Crippen molar-refractivity contribution in [3.63, 3.8) is 0 Å². The van der Waals surface area contributed by atoms with E-state index in [4.69, 9.17) is 16.3 Å². The van der Waals surface area contributed by atoms with Crippen LogP contribution < -0.4 is 5.32 Å². The molecule has 0 aliphatic heterocycles. The number of ether oxygens (including phenoxy) is 1. The van der Waals surface area contributed by atoms with Crippen molar-refractivity contribution in [3.05, 3.63) is 71.0 Å². The van der Waals surface area contributed by atoms with Gasteiger partial charge in [-0.2, -0.15) is 0 Å². The van der Waals surface area contributed by atoms with Crippen LogP contribution in [-0.2, 0) is 22.5 Å². The van der Waals surface area contributed by atoms with Crippen molar-refractivity contribution < 1.29 is 9.53 Å². The Morgan fingerprint density at radius 1 is 1.14 bits per heavy atom. The molecule has 1 heterocycles. The molecule has 8 heteroatoms. The first-order valence-corrected chi connectivity index (χ1v) is 10.1. The SMILES string of the molecule is COCCn1c(Cc2ccccc2)nnc1SCC(=O)Nc1ccc(Cl)cc1. The number of anilines is 1. The van der Waals surface area contributed by atoms with Gasteiger partial charge < -0.3 is 14.6 Å². The normalized spacial score (nSPS) is 10.8. The molecule has 28 heavy (non-hydrogen) atoms. The third-order valence-electron chi connectivity index (χ3n) is 3.98. The molecule has 0 saturated heterocycles. The fourth-order valence-electron chi connectivity index (χ4n) is 2.60. The Labute approximate surface area is 173 Å². The zero-order chi connectivity index (χ0) is 19.8. The average molecular weight is 417 g/mol. The van der Waals surface area contributed by atoms with Gasteiger partial charge in [-0.3, -0.25) is 4.79 Å². The van der Waals surface area contributed by atoms with Crippen LogP contribution in [0.25, 0.3) is 0 Å². The second-order valence-corrected chi connectivity index (χ2v) is 7.43. The van der Waals surface area contributed by atoms with Gasteiger partial charge >= 0.3 is 0 Å². The molecule has 2 aromatic carbocycles. The fraction of sp³-hybridized carbons (Fsp3) is 0.250. The van der Waals surface area contributed by atoms with E-state index in [2.05, 4.69) is 27.6 Å². The van der Waals surface area contributed by atoms with Gasteiger partial charge in [0, 0.05) is 30.8 Å². The van der Waals surface area contributed by atoms with Crippen LogP contribution in [0.15, 0.2) is 59.8 Å². The summed E-state index contributed by atoms with van der Waals surface area (Å²) in [5, 5.41) is 12.8. The molecule has 1 amide bonds. The predicted octanol–water partition coefficient (Wildman–Crippen LogP) is 3.90. The quantitative estimate of drug-likeness (QED) is 0.536. The van der Waals surface area contributed by atoms with Crippen LogP contribution in [0, 0.1) is 0 Å². The van der Waals surface area contributed by atoms with E-state index in [1.54, 1.807) is 31.4 Å². The average Bonchev–Trinajstić information content (AvgIpc) is 3.08. The van der Waals surface area contributed by atoms with Gasteiger partial charge in [0.05, 0.1) is 12.4 Å². The number of hydrogen-bond acceptors (Lipinski definition) is 5. The number of amides is 1. The number of aromatic nitrogens is 3. The number of nitrogens with zero attached hydrogens (tertiary/aromatic N) is 3. The highest BCUT2D eigenvalue weighted by atomic mass is 35.5. The Morgan fingerprint density at radius 2 is 1.89 bits per heavy atom. The number of rotatable bonds is 9. The molecule has 0 radical (unpaired) electrons. The van der Waals surface area contributed by atoms with Crippen LogP contribution in [0.4, 0.5) is 5.69 Å². The monoisotopic (exact) mass is 416 g/mol. The minimum Gasteiger partial charge on any atom is -0.383 e. The first-order valence-electron chi connectivity index (χ1n) is 8.79. The van der Waals surface area contributed by atoms with Crippen molar-refractivity contribution in [1.82, 2.24) is 14.8 Å². The van der Waals surface area contributed by atoms with E-state index in [9.17, 15) is 4.79 Å². The van der Waals surface area contributed by atoms with Gasteiger partial charge in [0.1, 0.15) is 5.82 Å². The summed E-state index contributed by atoms with van der Waals surface area (Å²) in [6, 6.07) is 17.1. The molecule has 6 nitrogen and oxygen atoms in total. The Bertz CT molecular complexity index is 900. The number of methoxy groups -OCH3 is 1. The summed E-state index contributed by atoms with van der Waals surface area (Å²) in [4.78, 5) is 12.2. The van der Waals surface area contributed by atoms with Gasteiger partial charge in [0.15, 0.2) is 5.16 Å². The third kappa shape index (κ3) is 5.82. The van der Waals surface area contributed by atoms with Crippen LogP contribution in [0.5, 0.6) is 0 Å². The van der Waals surface area contributed by atoms with E-state index in [0.29, 0.717) is 35.4 Å². The van der Waals surface area contributed by atoms with Crippen molar-refractivity contribution in [2.24, 2.45) is 0 Å². The Kier molecular flexibility index (Phi) is 7.47. The van der Waals surface area contributed by atoms with E-state index in [-0.39, 0.29) is 11.7 Å². The summed E-state index contributed by atoms with van der Waals surface area (Å²) in [5.74, 6) is 0.973. The van der Waals surface area contributed by atoms with Gasteiger partial charge in [0.2, 0.25) is 5.91 Å². The maximum atomic E-state index is 12.2. The van der Waals surface area contributed by atoms with Gasteiger partial charge in [-0.05, 0) is 29.8 Å². The van der Waals surface area contributed by atoms with E-state index in [0.717, 1.165) is 11.4 Å². The van der Waals surface area contributed by atoms with Crippen LogP contribution in [0.1, 0.15) is 11.4 Å². The molecule has 3 aromatic rings. The van der Waals surface area contributed by atoms with E-state index in [1.165, 1.54) is 11.8 Å². The summed E-state index contributed by atoms with van der Waals surface area (Å²) in [6.45, 7) is 1.18. The summed E-state index contributed by atoms with van der Waals surface area (Å²) >= 11 is 7.22. The maximum absolute atomic E-state index is 12.2. The molecule has 0 atom stereocenters. The second-order valence-electron chi connectivity index (χ2n) is 6.05. The van der Waals surface area contributed by atoms with Crippen molar-refractivity contribution in [3.8, 4) is 0 Å². The number of benzene rings is 2. The number of thioether (sulfide) groups is 1. The first kappa shape index (κ1) is 20.4. The molecule has 0 unspecified atom stereocenters. The van der Waals surface area contributed by atoms with Crippen molar-refractivity contribution >= 4 is 35.0 Å². The van der Waals surface area contributed by atoms with Gasteiger partial charge in [-0.25, -0.2) is 0 Å². The molecule has 3 rings (SSSR count). The van der Waals surface area contributed by atoms with Crippen LogP contribution in [0.3, 0.4) is 0 Å². The Morgan fingerprint density at radius 3 is 2.61 bits per heavy atom. The molecular formula is C20H21ClN4O2S. The highest BCUT2D eigenvalue weighted by Gasteiger charge is 2.14. The molecule has 0 spiro atoms. The van der Waals surface area contributed by atoms with Crippen molar-refractivity contribution in [2.75, 3.05) is 24.8 Å². The maximum Gasteiger partial charge on any atom is 0.234 e. The molecule has 1 aromatic heterocycles. The second kappa shape index (κ2) is 10.3. The standard InChI is InChI=1S/C20H21ClN4O2S/c1-27-12-11-25-18(13-15-5-3-2-4-6-15)23-24-20(25)28-14-19(26)22-17-9-7-16(21)8-10-17/h2-10H,11-14H2,1H3,(H,22,26).